The summed E-state index contributed by atoms with van der Waals surface area (Å²) in [7, 11) is -3.71. The number of aliphatic hydroxyl groups excluding tert-OH is 1. The zero-order valence-corrected chi connectivity index (χ0v) is 18.0. The number of rotatable bonds is 11. The van der Waals surface area contributed by atoms with Crippen LogP contribution in [0.3, 0.4) is 0 Å². The number of carbonyl (C=O) groups excluding carboxylic acids is 1. The molecule has 0 heterocycles. The number of nitrogens with one attached hydrogen (secondary N) is 2. The molecule has 2 rings (SSSR count). The fourth-order valence-corrected chi connectivity index (χ4v) is 3.11. The minimum atomic E-state index is -3.71. The van der Waals surface area contributed by atoms with Gasteiger partial charge in [-0.05, 0) is 48.4 Å². The lowest BCUT2D eigenvalue weighted by Crippen LogP contribution is -2.35. The first kappa shape index (κ1) is 23.8. The summed E-state index contributed by atoms with van der Waals surface area (Å²) in [5, 5.41) is 20.9. The van der Waals surface area contributed by atoms with Crippen LogP contribution in [0.4, 0.5) is 0 Å². The van der Waals surface area contributed by atoms with Crippen molar-refractivity contribution < 1.29 is 23.1 Å². The first-order valence-corrected chi connectivity index (χ1v) is 11.2. The van der Waals surface area contributed by atoms with Crippen LogP contribution < -0.4 is 20.5 Å². The molecule has 0 aliphatic rings. The molecule has 0 bridgehead atoms. The van der Waals surface area contributed by atoms with E-state index in [0.717, 1.165) is 5.56 Å². The number of primary sulfonamides is 1. The van der Waals surface area contributed by atoms with Gasteiger partial charge in [0, 0.05) is 24.7 Å². The number of amides is 1. The zero-order valence-electron chi connectivity index (χ0n) is 17.2. The van der Waals surface area contributed by atoms with Crippen LogP contribution in [0.5, 0.6) is 5.75 Å². The quantitative estimate of drug-likeness (QED) is 0.417. The van der Waals surface area contributed by atoms with E-state index in [-0.39, 0.29) is 17.4 Å². The largest absolute Gasteiger partial charge is 0.491 e. The molecule has 5 N–H and O–H groups in total. The predicted molar refractivity (Wildman–Crippen MR) is 115 cm³/mol. The van der Waals surface area contributed by atoms with E-state index in [1.165, 1.54) is 12.1 Å². The van der Waals surface area contributed by atoms with E-state index in [2.05, 4.69) is 10.6 Å². The minimum Gasteiger partial charge on any atom is -0.491 e. The maximum absolute atomic E-state index is 12.3. The van der Waals surface area contributed by atoms with Crippen molar-refractivity contribution >= 4 is 15.9 Å². The van der Waals surface area contributed by atoms with Gasteiger partial charge in [0.1, 0.15) is 18.5 Å². The van der Waals surface area contributed by atoms with Crippen LogP contribution in [0, 0.1) is 0 Å². The Labute approximate surface area is 177 Å². The first-order chi connectivity index (χ1) is 14.1. The topological polar surface area (TPSA) is 131 Å². The number of carbonyl (C=O) groups is 1. The molecule has 0 saturated heterocycles. The second-order valence-electron chi connectivity index (χ2n) is 7.25. The van der Waals surface area contributed by atoms with Crippen LogP contribution in [0.15, 0.2) is 53.4 Å². The monoisotopic (exact) mass is 435 g/mol. The van der Waals surface area contributed by atoms with E-state index in [4.69, 9.17) is 9.88 Å². The van der Waals surface area contributed by atoms with Gasteiger partial charge in [0.25, 0.3) is 5.91 Å². The van der Waals surface area contributed by atoms with Crippen molar-refractivity contribution in [2.24, 2.45) is 5.14 Å². The molecule has 0 spiro atoms. The van der Waals surface area contributed by atoms with Gasteiger partial charge in [-0.3, -0.25) is 4.79 Å². The molecule has 9 heteroatoms. The summed E-state index contributed by atoms with van der Waals surface area (Å²) in [4.78, 5) is 12.3. The Morgan fingerprint density at radius 2 is 1.73 bits per heavy atom. The molecule has 0 aromatic heterocycles. The fraction of sp³-hybridized carbons (Fsp3) is 0.381. The van der Waals surface area contributed by atoms with E-state index in [1.807, 2.05) is 13.8 Å². The van der Waals surface area contributed by atoms with Crippen LogP contribution in [-0.2, 0) is 16.4 Å². The molecule has 0 aliphatic carbocycles. The van der Waals surface area contributed by atoms with Crippen LogP contribution in [0.25, 0.3) is 0 Å². The number of sulfonamides is 1. The van der Waals surface area contributed by atoms with Crippen molar-refractivity contribution in [1.82, 2.24) is 10.6 Å². The van der Waals surface area contributed by atoms with E-state index in [9.17, 15) is 18.3 Å². The number of aliphatic hydroxyl groups is 1. The van der Waals surface area contributed by atoms with Crippen molar-refractivity contribution in [1.29, 1.82) is 0 Å². The third kappa shape index (κ3) is 8.11. The second-order valence-corrected chi connectivity index (χ2v) is 8.81. The summed E-state index contributed by atoms with van der Waals surface area (Å²) in [6.07, 6.45) is -0.0606. The standard InChI is InChI=1S/C21H29N3O5S/c1-15(2)24-13-18(25)14-29-19-7-5-17(6-8-19)21(26)23-12-11-16-3-9-20(10-4-16)30(22,27)28/h3-10,15,18,24-25H,11-14H2,1-2H3,(H,23,26)(H2,22,27,28). The van der Waals surface area contributed by atoms with Crippen molar-refractivity contribution in [3.8, 4) is 5.75 Å². The molecule has 1 amide bonds. The molecule has 0 aliphatic heterocycles. The number of ether oxygens (including phenoxy) is 1. The average Bonchev–Trinajstić information content (AvgIpc) is 2.70. The zero-order chi connectivity index (χ0) is 22.1. The van der Waals surface area contributed by atoms with Crippen LogP contribution >= 0.6 is 0 Å². The third-order valence-corrected chi connectivity index (χ3v) is 5.20. The normalized spacial score (nSPS) is 12.6. The third-order valence-electron chi connectivity index (χ3n) is 4.27. The van der Waals surface area contributed by atoms with Gasteiger partial charge < -0.3 is 20.5 Å². The second kappa shape index (κ2) is 11.1. The van der Waals surface area contributed by atoms with Gasteiger partial charge in [0.15, 0.2) is 0 Å². The highest BCUT2D eigenvalue weighted by atomic mass is 32.2. The van der Waals surface area contributed by atoms with Crippen molar-refractivity contribution in [2.45, 2.75) is 37.3 Å². The van der Waals surface area contributed by atoms with Crippen molar-refractivity contribution in [3.63, 3.8) is 0 Å². The minimum absolute atomic E-state index is 0.0568. The van der Waals surface area contributed by atoms with Crippen LogP contribution in [-0.4, -0.2) is 51.3 Å². The van der Waals surface area contributed by atoms with Gasteiger partial charge in [-0.25, -0.2) is 13.6 Å². The van der Waals surface area contributed by atoms with Gasteiger partial charge in [-0.2, -0.15) is 0 Å². The predicted octanol–water partition coefficient (Wildman–Crippen LogP) is 1.04. The number of hydrogen-bond acceptors (Lipinski definition) is 6. The Kier molecular flexibility index (Phi) is 8.79. The fourth-order valence-electron chi connectivity index (χ4n) is 2.59. The molecule has 8 nitrogen and oxygen atoms in total. The van der Waals surface area contributed by atoms with Gasteiger partial charge in [0.05, 0.1) is 4.90 Å². The number of benzene rings is 2. The lowest BCUT2D eigenvalue weighted by molar-refractivity contribution is 0.0953. The lowest BCUT2D eigenvalue weighted by Gasteiger charge is -2.15. The highest BCUT2D eigenvalue weighted by Crippen LogP contribution is 2.13. The van der Waals surface area contributed by atoms with Gasteiger partial charge in [-0.15, -0.1) is 0 Å². The highest BCUT2D eigenvalue weighted by molar-refractivity contribution is 7.89. The van der Waals surface area contributed by atoms with Crippen molar-refractivity contribution in [3.05, 3.63) is 59.7 Å². The molecule has 1 atom stereocenters. The van der Waals surface area contributed by atoms with E-state index >= 15 is 0 Å². The molecule has 0 saturated carbocycles. The Morgan fingerprint density at radius 3 is 2.30 bits per heavy atom. The average molecular weight is 436 g/mol. The van der Waals surface area contributed by atoms with Crippen molar-refractivity contribution in [2.75, 3.05) is 19.7 Å². The maximum atomic E-state index is 12.3. The molecule has 2 aromatic carbocycles. The van der Waals surface area contributed by atoms with Gasteiger partial charge >= 0.3 is 0 Å². The summed E-state index contributed by atoms with van der Waals surface area (Å²) < 4.78 is 28.0. The molecule has 0 radical (unpaired) electrons. The molecule has 2 aromatic rings. The summed E-state index contributed by atoms with van der Waals surface area (Å²) >= 11 is 0. The molecule has 0 fully saturated rings. The van der Waals surface area contributed by atoms with E-state index in [0.29, 0.717) is 36.9 Å². The maximum Gasteiger partial charge on any atom is 0.251 e. The summed E-state index contributed by atoms with van der Waals surface area (Å²) in [6.45, 7) is 5.02. The lowest BCUT2D eigenvalue weighted by atomic mass is 10.1. The smallest absolute Gasteiger partial charge is 0.251 e. The SMILES string of the molecule is CC(C)NCC(O)COc1ccc(C(=O)NCCc2ccc(S(N)(=O)=O)cc2)cc1. The highest BCUT2D eigenvalue weighted by Gasteiger charge is 2.09. The Balaban J connectivity index is 1.76. The molecule has 164 valence electrons. The molecular weight excluding hydrogens is 406 g/mol. The number of nitrogens with two attached hydrogens (primary N) is 1. The number of hydrogen-bond donors (Lipinski definition) is 4. The Morgan fingerprint density at radius 1 is 1.10 bits per heavy atom. The Bertz CT molecular complexity index is 913. The Hall–Kier alpha value is -2.46. The summed E-state index contributed by atoms with van der Waals surface area (Å²) in [5.74, 6) is 0.356. The van der Waals surface area contributed by atoms with Gasteiger partial charge in [-0.1, -0.05) is 26.0 Å². The van der Waals surface area contributed by atoms with Crippen LogP contribution in [0.2, 0.25) is 0 Å². The first-order valence-electron chi connectivity index (χ1n) is 9.69. The van der Waals surface area contributed by atoms with E-state index < -0.39 is 16.1 Å². The molecular formula is C21H29N3O5S. The summed E-state index contributed by atoms with van der Waals surface area (Å²) in [5.41, 5.74) is 1.38. The molecule has 1 unspecified atom stereocenters. The van der Waals surface area contributed by atoms with Gasteiger partial charge in [0.2, 0.25) is 10.0 Å². The van der Waals surface area contributed by atoms with E-state index in [1.54, 1.807) is 36.4 Å². The van der Waals surface area contributed by atoms with Crippen LogP contribution in [0.1, 0.15) is 29.8 Å². The summed E-state index contributed by atoms with van der Waals surface area (Å²) in [6, 6.07) is 13.2. The molecule has 30 heavy (non-hydrogen) atoms.